The molecule has 4 nitrogen and oxygen atoms in total. The second-order valence-corrected chi connectivity index (χ2v) is 6.28. The van der Waals surface area contributed by atoms with E-state index in [0.29, 0.717) is 10.0 Å². The molecule has 1 aromatic rings. The molecular weight excluding hydrogens is 341 g/mol. The van der Waals surface area contributed by atoms with E-state index >= 15 is 0 Å². The number of nitrogens with zero attached hydrogens (tertiary/aromatic N) is 1. The van der Waals surface area contributed by atoms with Crippen LogP contribution in [0, 0.1) is 11.7 Å². The Kier molecular flexibility index (Phi) is 4.98. The number of rotatable bonds is 6. The highest BCUT2D eigenvalue weighted by Gasteiger charge is 2.34. The summed E-state index contributed by atoms with van der Waals surface area (Å²) in [5.41, 5.74) is 0.577. The first kappa shape index (κ1) is 15.9. The highest BCUT2D eigenvalue weighted by Crippen LogP contribution is 2.29. The van der Waals surface area contributed by atoms with Crippen LogP contribution in [0.3, 0.4) is 0 Å². The standard InChI is InChI=1S/C15H17BrFNO3/c1-9(15(20)21)8-18(12-3-4-12)14(19)7-10-6-11(17)2-5-13(10)16/h2,5-6,9,12H,3-4,7-8H2,1H3,(H,20,21). The molecule has 114 valence electrons. The van der Waals surface area contributed by atoms with Crippen LogP contribution < -0.4 is 0 Å². The van der Waals surface area contributed by atoms with Gasteiger partial charge in [-0.15, -0.1) is 0 Å². The van der Waals surface area contributed by atoms with Crippen molar-refractivity contribution in [2.45, 2.75) is 32.2 Å². The van der Waals surface area contributed by atoms with Gasteiger partial charge in [0.15, 0.2) is 0 Å². The number of benzene rings is 1. The van der Waals surface area contributed by atoms with E-state index in [0.717, 1.165) is 12.8 Å². The molecule has 0 saturated heterocycles. The minimum Gasteiger partial charge on any atom is -0.481 e. The van der Waals surface area contributed by atoms with Gasteiger partial charge in [-0.25, -0.2) is 4.39 Å². The van der Waals surface area contributed by atoms with Crippen molar-refractivity contribution in [3.05, 3.63) is 34.1 Å². The second kappa shape index (κ2) is 6.56. The lowest BCUT2D eigenvalue weighted by molar-refractivity contribution is -0.143. The van der Waals surface area contributed by atoms with Crippen molar-refractivity contribution in [1.29, 1.82) is 0 Å². The van der Waals surface area contributed by atoms with Crippen molar-refractivity contribution in [3.63, 3.8) is 0 Å². The second-order valence-electron chi connectivity index (χ2n) is 5.43. The molecule has 0 radical (unpaired) electrons. The highest BCUT2D eigenvalue weighted by molar-refractivity contribution is 9.10. The van der Waals surface area contributed by atoms with E-state index in [1.165, 1.54) is 12.1 Å². The Morgan fingerprint density at radius 3 is 2.71 bits per heavy atom. The number of carbonyl (C=O) groups is 2. The largest absolute Gasteiger partial charge is 0.481 e. The summed E-state index contributed by atoms with van der Waals surface area (Å²) in [6, 6.07) is 4.35. The Morgan fingerprint density at radius 2 is 2.14 bits per heavy atom. The van der Waals surface area contributed by atoms with Gasteiger partial charge in [-0.1, -0.05) is 22.9 Å². The number of hydrogen-bond acceptors (Lipinski definition) is 2. The van der Waals surface area contributed by atoms with Gasteiger partial charge in [0, 0.05) is 17.1 Å². The van der Waals surface area contributed by atoms with E-state index in [1.54, 1.807) is 17.9 Å². The van der Waals surface area contributed by atoms with E-state index in [-0.39, 0.29) is 24.9 Å². The van der Waals surface area contributed by atoms with Gasteiger partial charge >= 0.3 is 5.97 Å². The summed E-state index contributed by atoms with van der Waals surface area (Å²) in [7, 11) is 0. The summed E-state index contributed by atoms with van der Waals surface area (Å²) in [4.78, 5) is 25.0. The predicted molar refractivity (Wildman–Crippen MR) is 79.3 cm³/mol. The lowest BCUT2D eigenvalue weighted by atomic mass is 10.1. The van der Waals surface area contributed by atoms with Crippen LogP contribution in [-0.4, -0.2) is 34.5 Å². The molecule has 0 aromatic heterocycles. The van der Waals surface area contributed by atoms with Crippen LogP contribution in [-0.2, 0) is 16.0 Å². The molecular formula is C15H17BrFNO3. The summed E-state index contributed by atoms with van der Waals surface area (Å²) >= 11 is 3.30. The molecule has 1 unspecified atom stereocenters. The molecule has 1 aliphatic carbocycles. The van der Waals surface area contributed by atoms with Crippen molar-refractivity contribution in [2.24, 2.45) is 5.92 Å². The van der Waals surface area contributed by atoms with Crippen LogP contribution >= 0.6 is 15.9 Å². The minimum atomic E-state index is -0.916. The fourth-order valence-corrected chi connectivity index (χ4v) is 2.54. The molecule has 0 aliphatic heterocycles. The molecule has 1 aromatic carbocycles. The van der Waals surface area contributed by atoms with Crippen molar-refractivity contribution in [2.75, 3.05) is 6.54 Å². The fraction of sp³-hybridized carbons (Fsp3) is 0.467. The normalized spacial score (nSPS) is 15.6. The molecule has 1 aliphatic rings. The molecule has 2 rings (SSSR count). The zero-order valence-electron chi connectivity index (χ0n) is 11.7. The number of amides is 1. The van der Waals surface area contributed by atoms with Gasteiger partial charge in [-0.2, -0.15) is 0 Å². The van der Waals surface area contributed by atoms with Gasteiger partial charge in [0.2, 0.25) is 5.91 Å². The first-order chi connectivity index (χ1) is 9.88. The van der Waals surface area contributed by atoms with E-state index < -0.39 is 17.7 Å². The third-order valence-corrected chi connectivity index (χ3v) is 4.32. The molecule has 1 N–H and O–H groups in total. The predicted octanol–water partition coefficient (Wildman–Crippen LogP) is 2.84. The quantitative estimate of drug-likeness (QED) is 0.851. The van der Waals surface area contributed by atoms with Crippen molar-refractivity contribution in [3.8, 4) is 0 Å². The molecule has 6 heteroatoms. The van der Waals surface area contributed by atoms with Gasteiger partial charge in [0.05, 0.1) is 12.3 Å². The number of halogens is 2. The number of aliphatic carboxylic acids is 1. The van der Waals surface area contributed by atoms with Gasteiger partial charge in [-0.05, 0) is 36.6 Å². The summed E-state index contributed by atoms with van der Waals surface area (Å²) in [6.07, 6.45) is 1.88. The maximum atomic E-state index is 13.3. The molecule has 0 spiro atoms. The van der Waals surface area contributed by atoms with E-state index in [1.807, 2.05) is 0 Å². The fourth-order valence-electron chi connectivity index (χ4n) is 2.16. The van der Waals surface area contributed by atoms with Gasteiger partial charge < -0.3 is 10.0 Å². The SMILES string of the molecule is CC(CN(C(=O)Cc1cc(F)ccc1Br)C1CC1)C(=O)O. The molecule has 21 heavy (non-hydrogen) atoms. The van der Waals surface area contributed by atoms with Crippen LogP contribution in [0.4, 0.5) is 4.39 Å². The Hall–Kier alpha value is -1.43. The smallest absolute Gasteiger partial charge is 0.308 e. The topological polar surface area (TPSA) is 57.6 Å². The number of carboxylic acids is 1. The monoisotopic (exact) mass is 357 g/mol. The number of carboxylic acid groups (broad SMARTS) is 1. The van der Waals surface area contributed by atoms with Gasteiger partial charge in [-0.3, -0.25) is 9.59 Å². The number of carbonyl (C=O) groups excluding carboxylic acids is 1. The van der Waals surface area contributed by atoms with Gasteiger partial charge in [0.25, 0.3) is 0 Å². The molecule has 0 bridgehead atoms. The zero-order valence-corrected chi connectivity index (χ0v) is 13.3. The Morgan fingerprint density at radius 1 is 1.48 bits per heavy atom. The molecule has 1 amide bonds. The summed E-state index contributed by atoms with van der Waals surface area (Å²) in [5.74, 6) is -2.07. The van der Waals surface area contributed by atoms with Crippen LogP contribution in [0.5, 0.6) is 0 Å². The van der Waals surface area contributed by atoms with Crippen LogP contribution in [0.25, 0.3) is 0 Å². The van der Waals surface area contributed by atoms with E-state index in [4.69, 9.17) is 5.11 Å². The first-order valence-corrected chi connectivity index (χ1v) is 7.64. The van der Waals surface area contributed by atoms with Crippen molar-refractivity contribution >= 4 is 27.8 Å². The van der Waals surface area contributed by atoms with Crippen LogP contribution in [0.15, 0.2) is 22.7 Å². The summed E-state index contributed by atoms with van der Waals surface area (Å²) in [5, 5.41) is 8.99. The molecule has 0 heterocycles. The van der Waals surface area contributed by atoms with E-state index in [9.17, 15) is 14.0 Å². The minimum absolute atomic E-state index is 0.0706. The third-order valence-electron chi connectivity index (χ3n) is 3.55. The first-order valence-electron chi connectivity index (χ1n) is 6.84. The van der Waals surface area contributed by atoms with Crippen molar-refractivity contribution in [1.82, 2.24) is 4.90 Å². The zero-order chi connectivity index (χ0) is 15.6. The number of hydrogen-bond donors (Lipinski definition) is 1. The Bertz CT molecular complexity index is 560. The lowest BCUT2D eigenvalue weighted by Crippen LogP contribution is -2.39. The highest BCUT2D eigenvalue weighted by atomic mass is 79.9. The molecule has 1 atom stereocenters. The van der Waals surface area contributed by atoms with Gasteiger partial charge in [0.1, 0.15) is 5.82 Å². The Balaban J connectivity index is 2.08. The van der Waals surface area contributed by atoms with E-state index in [2.05, 4.69) is 15.9 Å². The lowest BCUT2D eigenvalue weighted by Gasteiger charge is -2.24. The maximum absolute atomic E-state index is 13.3. The van der Waals surface area contributed by atoms with Crippen LogP contribution in [0.1, 0.15) is 25.3 Å². The third kappa shape index (κ3) is 4.27. The average Bonchev–Trinajstić information content (AvgIpc) is 3.24. The summed E-state index contributed by atoms with van der Waals surface area (Å²) in [6.45, 7) is 1.79. The summed E-state index contributed by atoms with van der Waals surface area (Å²) < 4.78 is 13.9. The average molecular weight is 358 g/mol. The maximum Gasteiger partial charge on any atom is 0.308 e. The van der Waals surface area contributed by atoms with Crippen LogP contribution in [0.2, 0.25) is 0 Å². The Labute approximate surface area is 131 Å². The van der Waals surface area contributed by atoms with Crippen molar-refractivity contribution < 1.29 is 19.1 Å². The molecule has 1 saturated carbocycles. The molecule has 1 fully saturated rings.